The first kappa shape index (κ1) is 16.9. The fourth-order valence-corrected chi connectivity index (χ4v) is 2.48. The van der Waals surface area contributed by atoms with E-state index in [2.05, 4.69) is 31.7 Å². The average molecular weight is 308 g/mol. The van der Waals surface area contributed by atoms with Gasteiger partial charge < -0.3 is 9.84 Å². The summed E-state index contributed by atoms with van der Waals surface area (Å²) >= 11 is 0. The van der Waals surface area contributed by atoms with E-state index in [4.69, 9.17) is 4.74 Å². The maximum absolute atomic E-state index is 10.3. The van der Waals surface area contributed by atoms with Gasteiger partial charge in [-0.2, -0.15) is 0 Å². The third-order valence-corrected chi connectivity index (χ3v) is 3.87. The molecule has 0 radical (unpaired) electrons. The zero-order valence-electron chi connectivity index (χ0n) is 14.1. The number of aromatic hydroxyl groups is 1. The Bertz CT molecular complexity index is 727. The van der Waals surface area contributed by atoms with Crippen LogP contribution in [0.25, 0.3) is 12.2 Å². The number of rotatable bonds is 6. The van der Waals surface area contributed by atoms with Gasteiger partial charge in [0.25, 0.3) is 0 Å². The second kappa shape index (κ2) is 7.68. The predicted octanol–water partition coefficient (Wildman–Crippen LogP) is 5.39. The van der Waals surface area contributed by atoms with Gasteiger partial charge in [0.05, 0.1) is 7.11 Å². The van der Waals surface area contributed by atoms with Crippen molar-refractivity contribution in [2.75, 3.05) is 7.11 Å². The van der Waals surface area contributed by atoms with Gasteiger partial charge in [0.1, 0.15) is 11.5 Å². The van der Waals surface area contributed by atoms with Crippen molar-refractivity contribution >= 4 is 12.2 Å². The molecule has 120 valence electrons. The average Bonchev–Trinajstić information content (AvgIpc) is 2.52. The molecular weight excluding hydrogens is 284 g/mol. The summed E-state index contributed by atoms with van der Waals surface area (Å²) in [6.07, 6.45) is 5.61. The van der Waals surface area contributed by atoms with E-state index in [-0.39, 0.29) is 5.75 Å². The Morgan fingerprint density at radius 3 is 2.61 bits per heavy atom. The van der Waals surface area contributed by atoms with Gasteiger partial charge in [-0.1, -0.05) is 42.0 Å². The van der Waals surface area contributed by atoms with Crippen molar-refractivity contribution in [3.8, 4) is 11.5 Å². The number of phenolic OH excluding ortho intramolecular Hbond substituents is 1. The summed E-state index contributed by atoms with van der Waals surface area (Å²) in [5.41, 5.74) is 5.23. The highest BCUT2D eigenvalue weighted by Gasteiger charge is 2.10. The fourth-order valence-electron chi connectivity index (χ4n) is 2.48. The van der Waals surface area contributed by atoms with Gasteiger partial charge in [0, 0.05) is 5.56 Å². The smallest absolute Gasteiger partial charge is 0.126 e. The quantitative estimate of drug-likeness (QED) is 0.573. The van der Waals surface area contributed by atoms with Gasteiger partial charge in [0.2, 0.25) is 0 Å². The lowest BCUT2D eigenvalue weighted by Crippen LogP contribution is -1.95. The van der Waals surface area contributed by atoms with E-state index in [9.17, 15) is 5.11 Å². The van der Waals surface area contributed by atoms with E-state index < -0.39 is 0 Å². The largest absolute Gasteiger partial charge is 0.508 e. The molecule has 0 aliphatic carbocycles. The molecule has 2 nitrogen and oxygen atoms in total. The Morgan fingerprint density at radius 1 is 1.22 bits per heavy atom. The molecule has 0 heterocycles. The van der Waals surface area contributed by atoms with Crippen molar-refractivity contribution in [1.29, 1.82) is 0 Å². The first-order chi connectivity index (χ1) is 11.0. The van der Waals surface area contributed by atoms with Gasteiger partial charge in [-0.3, -0.25) is 0 Å². The summed E-state index contributed by atoms with van der Waals surface area (Å²) in [6.45, 7) is 7.98. The number of hydrogen-bond acceptors (Lipinski definition) is 2. The summed E-state index contributed by atoms with van der Waals surface area (Å²) in [5.74, 6) is 0.991. The molecule has 1 N–H and O–H groups in total. The molecule has 2 rings (SSSR count). The molecule has 23 heavy (non-hydrogen) atoms. The minimum Gasteiger partial charge on any atom is -0.508 e. The van der Waals surface area contributed by atoms with Crippen LogP contribution in [0.15, 0.2) is 48.6 Å². The molecule has 0 saturated heterocycles. The Labute approximate surface area is 138 Å². The molecule has 0 spiro atoms. The number of benzene rings is 2. The third kappa shape index (κ3) is 4.49. The van der Waals surface area contributed by atoms with Crippen LogP contribution in [0.3, 0.4) is 0 Å². The Balaban J connectivity index is 2.29. The molecule has 0 aliphatic heterocycles. The Kier molecular flexibility index (Phi) is 5.64. The fraction of sp³-hybridized carbons (Fsp3) is 0.238. The molecule has 0 saturated carbocycles. The zero-order chi connectivity index (χ0) is 16.8. The lowest BCUT2D eigenvalue weighted by molar-refractivity contribution is 0.399. The molecule has 2 aromatic carbocycles. The van der Waals surface area contributed by atoms with Gasteiger partial charge in [0.15, 0.2) is 0 Å². The number of methoxy groups -OCH3 is 1. The standard InChI is InChI=1S/C21H24O2/c1-15(2)9-12-19-20(22)13-17(14-21(19)23-4)10-11-18-8-6-5-7-16(18)3/h5-8,10-11,13-14,22H,1,9,12H2,2-4H3/b11-10+. The van der Waals surface area contributed by atoms with Crippen molar-refractivity contribution in [3.05, 3.63) is 70.8 Å². The molecule has 2 aromatic rings. The highest BCUT2D eigenvalue weighted by molar-refractivity contribution is 5.73. The lowest BCUT2D eigenvalue weighted by Gasteiger charge is -2.12. The lowest BCUT2D eigenvalue weighted by atomic mass is 10.0. The van der Waals surface area contributed by atoms with Gasteiger partial charge >= 0.3 is 0 Å². The molecule has 0 bridgehead atoms. The van der Waals surface area contributed by atoms with Crippen LogP contribution in [0.4, 0.5) is 0 Å². The summed E-state index contributed by atoms with van der Waals surface area (Å²) in [6, 6.07) is 11.9. The number of allylic oxidation sites excluding steroid dienone is 1. The van der Waals surface area contributed by atoms with E-state index in [1.165, 1.54) is 5.56 Å². The predicted molar refractivity (Wildman–Crippen MR) is 97.9 cm³/mol. The Morgan fingerprint density at radius 2 is 1.96 bits per heavy atom. The van der Waals surface area contributed by atoms with Gasteiger partial charge in [-0.15, -0.1) is 6.58 Å². The molecular formula is C21H24O2. The third-order valence-electron chi connectivity index (χ3n) is 3.87. The molecule has 0 aromatic heterocycles. The van der Waals surface area contributed by atoms with E-state index in [1.807, 2.05) is 31.2 Å². The highest BCUT2D eigenvalue weighted by atomic mass is 16.5. The summed E-state index contributed by atoms with van der Waals surface area (Å²) < 4.78 is 5.45. The second-order valence-electron chi connectivity index (χ2n) is 5.87. The first-order valence-electron chi connectivity index (χ1n) is 7.79. The molecule has 0 fully saturated rings. The van der Waals surface area contributed by atoms with E-state index in [1.54, 1.807) is 13.2 Å². The second-order valence-corrected chi connectivity index (χ2v) is 5.87. The number of ether oxygens (including phenoxy) is 1. The van der Waals surface area contributed by atoms with Crippen LogP contribution in [0.1, 0.15) is 35.6 Å². The number of hydrogen-bond donors (Lipinski definition) is 1. The van der Waals surface area contributed by atoms with Gasteiger partial charge in [-0.25, -0.2) is 0 Å². The monoisotopic (exact) mass is 308 g/mol. The zero-order valence-corrected chi connectivity index (χ0v) is 14.1. The molecule has 0 unspecified atom stereocenters. The van der Waals surface area contributed by atoms with Crippen molar-refractivity contribution in [2.45, 2.75) is 26.7 Å². The highest BCUT2D eigenvalue weighted by Crippen LogP contribution is 2.32. The molecule has 2 heteroatoms. The molecule has 0 amide bonds. The summed E-state index contributed by atoms with van der Waals surface area (Å²) in [5, 5.41) is 10.3. The summed E-state index contributed by atoms with van der Waals surface area (Å²) in [7, 11) is 1.63. The minimum atomic E-state index is 0.273. The van der Waals surface area contributed by atoms with Crippen LogP contribution in [0.5, 0.6) is 11.5 Å². The summed E-state index contributed by atoms with van der Waals surface area (Å²) in [4.78, 5) is 0. The van der Waals surface area contributed by atoms with Crippen LogP contribution in [0, 0.1) is 6.92 Å². The maximum atomic E-state index is 10.3. The van der Waals surface area contributed by atoms with Crippen molar-refractivity contribution < 1.29 is 9.84 Å². The molecule has 0 aliphatic rings. The SMILES string of the molecule is C=C(C)CCc1c(O)cc(/C=C/c2ccccc2C)cc1OC. The van der Waals surface area contributed by atoms with Crippen LogP contribution in [0.2, 0.25) is 0 Å². The van der Waals surface area contributed by atoms with Gasteiger partial charge in [-0.05, 0) is 55.5 Å². The first-order valence-corrected chi connectivity index (χ1v) is 7.79. The minimum absolute atomic E-state index is 0.273. The van der Waals surface area contributed by atoms with Crippen LogP contribution < -0.4 is 4.74 Å². The van der Waals surface area contributed by atoms with Crippen molar-refractivity contribution in [3.63, 3.8) is 0 Å². The van der Waals surface area contributed by atoms with Crippen molar-refractivity contribution in [1.82, 2.24) is 0 Å². The van der Waals surface area contributed by atoms with Crippen LogP contribution >= 0.6 is 0 Å². The normalized spacial score (nSPS) is 10.9. The van der Waals surface area contributed by atoms with Crippen LogP contribution in [-0.4, -0.2) is 12.2 Å². The van der Waals surface area contributed by atoms with Crippen molar-refractivity contribution in [2.24, 2.45) is 0 Å². The topological polar surface area (TPSA) is 29.5 Å². The van der Waals surface area contributed by atoms with E-state index >= 15 is 0 Å². The van der Waals surface area contributed by atoms with Crippen LogP contribution in [-0.2, 0) is 6.42 Å². The Hall–Kier alpha value is -2.48. The number of phenols is 1. The maximum Gasteiger partial charge on any atom is 0.126 e. The number of aryl methyl sites for hydroxylation is 1. The van der Waals surface area contributed by atoms with E-state index in [0.29, 0.717) is 0 Å². The van der Waals surface area contributed by atoms with E-state index in [0.717, 1.165) is 40.9 Å². The molecule has 0 atom stereocenters.